The number of pyridine rings is 1. The van der Waals surface area contributed by atoms with E-state index >= 15 is 0 Å². The maximum Gasteiger partial charge on any atom is 0.0846 e. The lowest BCUT2D eigenvalue weighted by Crippen LogP contribution is -1.95. The Morgan fingerprint density at radius 3 is 2.87 bits per heavy atom. The molecule has 0 bridgehead atoms. The quantitative estimate of drug-likeness (QED) is 0.763. The van der Waals surface area contributed by atoms with Gasteiger partial charge in [0.05, 0.1) is 23.8 Å². The number of nitrogens with zero attached hydrogens (tertiary/aromatic N) is 4. The third-order valence-corrected chi connectivity index (χ3v) is 2.21. The van der Waals surface area contributed by atoms with Gasteiger partial charge in [0.2, 0.25) is 0 Å². The van der Waals surface area contributed by atoms with Crippen molar-refractivity contribution in [1.82, 2.24) is 20.0 Å². The zero-order valence-corrected chi connectivity index (χ0v) is 9.01. The van der Waals surface area contributed by atoms with Crippen molar-refractivity contribution in [3.05, 3.63) is 35.9 Å². The largest absolute Gasteiger partial charge is 0.259 e. The minimum atomic E-state index is 0.954. The maximum absolute atomic E-state index is 4.22. The fourth-order valence-corrected chi connectivity index (χ4v) is 1.39. The zero-order valence-electron chi connectivity index (χ0n) is 9.01. The summed E-state index contributed by atoms with van der Waals surface area (Å²) in [5, 5.41) is 8.15. The van der Waals surface area contributed by atoms with Gasteiger partial charge in [-0.25, -0.2) is 4.68 Å². The maximum atomic E-state index is 4.22. The summed E-state index contributed by atoms with van der Waals surface area (Å²) in [5.41, 5.74) is 2.99. The molecule has 0 aromatic carbocycles. The Labute approximate surface area is 89.0 Å². The second-order valence-electron chi connectivity index (χ2n) is 3.56. The molecule has 2 rings (SSSR count). The summed E-state index contributed by atoms with van der Waals surface area (Å²) in [6.07, 6.45) is 5.82. The Kier molecular flexibility index (Phi) is 2.76. The molecule has 2 aromatic heterocycles. The van der Waals surface area contributed by atoms with Gasteiger partial charge in [-0.05, 0) is 25.5 Å². The summed E-state index contributed by atoms with van der Waals surface area (Å²) in [4.78, 5) is 4.22. The molecule has 0 radical (unpaired) electrons. The second kappa shape index (κ2) is 4.21. The highest BCUT2D eigenvalue weighted by molar-refractivity contribution is 5.28. The first-order chi connectivity index (χ1) is 7.29. The van der Waals surface area contributed by atoms with Gasteiger partial charge in [-0.2, -0.15) is 0 Å². The third-order valence-electron chi connectivity index (χ3n) is 2.21. The van der Waals surface area contributed by atoms with Crippen molar-refractivity contribution in [2.75, 3.05) is 0 Å². The molecule has 2 aromatic rings. The van der Waals surface area contributed by atoms with E-state index in [9.17, 15) is 0 Å². The molecule has 0 aliphatic heterocycles. The molecule has 0 spiro atoms. The molecule has 0 atom stereocenters. The van der Waals surface area contributed by atoms with Gasteiger partial charge in [0, 0.05) is 5.69 Å². The van der Waals surface area contributed by atoms with Gasteiger partial charge in [-0.3, -0.25) is 4.98 Å². The molecule has 0 amide bonds. The van der Waals surface area contributed by atoms with E-state index in [-0.39, 0.29) is 0 Å². The summed E-state index contributed by atoms with van der Waals surface area (Å²) in [7, 11) is 0. The van der Waals surface area contributed by atoms with Crippen LogP contribution in [-0.2, 0) is 6.42 Å². The molecule has 0 aliphatic rings. The molecule has 4 nitrogen and oxygen atoms in total. The summed E-state index contributed by atoms with van der Waals surface area (Å²) < 4.78 is 1.76. The average molecular weight is 202 g/mol. The average Bonchev–Trinajstić information content (AvgIpc) is 2.68. The van der Waals surface area contributed by atoms with Crippen molar-refractivity contribution < 1.29 is 0 Å². The number of aromatic nitrogens is 4. The molecule has 78 valence electrons. The molecule has 0 fully saturated rings. The monoisotopic (exact) mass is 202 g/mol. The number of hydrogen-bond acceptors (Lipinski definition) is 3. The molecule has 4 heteroatoms. The highest BCUT2D eigenvalue weighted by atomic mass is 15.4. The van der Waals surface area contributed by atoms with Gasteiger partial charge in [0.15, 0.2) is 0 Å². The smallest absolute Gasteiger partial charge is 0.0846 e. The number of hydrogen-bond donors (Lipinski definition) is 0. The lowest BCUT2D eigenvalue weighted by atomic mass is 10.3. The highest BCUT2D eigenvalue weighted by Gasteiger charge is 2.01. The second-order valence-corrected chi connectivity index (χ2v) is 3.56. The van der Waals surface area contributed by atoms with Crippen LogP contribution in [-0.4, -0.2) is 20.0 Å². The Morgan fingerprint density at radius 2 is 2.20 bits per heavy atom. The molecule has 0 saturated carbocycles. The van der Waals surface area contributed by atoms with Crippen molar-refractivity contribution in [3.8, 4) is 5.69 Å². The van der Waals surface area contributed by atoms with Crippen LogP contribution in [0.3, 0.4) is 0 Å². The predicted molar refractivity (Wildman–Crippen MR) is 57.9 cm³/mol. The third kappa shape index (κ3) is 2.21. The molecule has 0 saturated heterocycles. The number of aryl methyl sites for hydroxylation is 2. The Morgan fingerprint density at radius 1 is 1.33 bits per heavy atom. The first-order valence-corrected chi connectivity index (χ1v) is 5.14. The fraction of sp³-hybridized carbons (Fsp3) is 0.364. The van der Waals surface area contributed by atoms with Gasteiger partial charge in [0.1, 0.15) is 0 Å². The van der Waals surface area contributed by atoms with Gasteiger partial charge in [-0.15, -0.1) is 5.10 Å². The molecule has 0 unspecified atom stereocenters. The van der Waals surface area contributed by atoms with Gasteiger partial charge < -0.3 is 0 Å². The van der Waals surface area contributed by atoms with Crippen LogP contribution in [0.1, 0.15) is 24.7 Å². The lowest BCUT2D eigenvalue weighted by Gasteiger charge is -1.98. The van der Waals surface area contributed by atoms with E-state index in [1.807, 2.05) is 25.3 Å². The van der Waals surface area contributed by atoms with Crippen LogP contribution in [0.15, 0.2) is 24.5 Å². The lowest BCUT2D eigenvalue weighted by molar-refractivity contribution is 0.788. The minimum Gasteiger partial charge on any atom is -0.259 e. The summed E-state index contributed by atoms with van der Waals surface area (Å²) in [6, 6.07) is 3.96. The summed E-state index contributed by atoms with van der Waals surface area (Å²) in [6.45, 7) is 4.10. The topological polar surface area (TPSA) is 43.6 Å². The normalized spacial score (nSPS) is 10.5. The molecular weight excluding hydrogens is 188 g/mol. The van der Waals surface area contributed by atoms with Crippen molar-refractivity contribution >= 4 is 0 Å². The molecule has 0 aliphatic carbocycles. The van der Waals surface area contributed by atoms with Crippen molar-refractivity contribution in [3.63, 3.8) is 0 Å². The van der Waals surface area contributed by atoms with Crippen LogP contribution in [0.5, 0.6) is 0 Å². The van der Waals surface area contributed by atoms with Crippen molar-refractivity contribution in [2.45, 2.75) is 26.7 Å². The van der Waals surface area contributed by atoms with Crippen molar-refractivity contribution in [2.24, 2.45) is 0 Å². The van der Waals surface area contributed by atoms with Crippen LogP contribution in [0.2, 0.25) is 0 Å². The van der Waals surface area contributed by atoms with E-state index in [2.05, 4.69) is 22.2 Å². The van der Waals surface area contributed by atoms with Gasteiger partial charge in [-0.1, -0.05) is 18.6 Å². The van der Waals surface area contributed by atoms with E-state index < -0.39 is 0 Å². The predicted octanol–water partition coefficient (Wildman–Crippen LogP) is 1.92. The van der Waals surface area contributed by atoms with E-state index in [4.69, 9.17) is 0 Å². The van der Waals surface area contributed by atoms with Crippen LogP contribution in [0, 0.1) is 6.92 Å². The Balaban J connectivity index is 2.25. The zero-order chi connectivity index (χ0) is 10.7. The first kappa shape index (κ1) is 9.83. The van der Waals surface area contributed by atoms with Crippen LogP contribution >= 0.6 is 0 Å². The first-order valence-electron chi connectivity index (χ1n) is 5.14. The fourth-order valence-electron chi connectivity index (χ4n) is 1.39. The number of rotatable bonds is 3. The highest BCUT2D eigenvalue weighted by Crippen LogP contribution is 2.06. The van der Waals surface area contributed by atoms with Gasteiger partial charge in [0.25, 0.3) is 0 Å². The van der Waals surface area contributed by atoms with E-state index in [1.54, 1.807) is 10.9 Å². The summed E-state index contributed by atoms with van der Waals surface area (Å²) >= 11 is 0. The molecular formula is C11H14N4. The van der Waals surface area contributed by atoms with E-state index in [0.29, 0.717) is 0 Å². The molecule has 0 N–H and O–H groups in total. The Hall–Kier alpha value is -1.71. The molecule has 2 heterocycles. The standard InChI is InChI=1S/C11H14N4/c1-3-4-10-8-15(14-13-10)11-6-5-9(2)12-7-11/h5-8H,3-4H2,1-2H3. The van der Waals surface area contributed by atoms with Crippen LogP contribution in [0.25, 0.3) is 5.69 Å². The van der Waals surface area contributed by atoms with E-state index in [1.165, 1.54) is 0 Å². The van der Waals surface area contributed by atoms with Crippen LogP contribution in [0.4, 0.5) is 0 Å². The van der Waals surface area contributed by atoms with E-state index in [0.717, 1.165) is 29.9 Å². The van der Waals surface area contributed by atoms with Crippen LogP contribution < -0.4 is 0 Å². The van der Waals surface area contributed by atoms with Gasteiger partial charge >= 0.3 is 0 Å². The SMILES string of the molecule is CCCc1cn(-c2ccc(C)nc2)nn1. The van der Waals surface area contributed by atoms with Crippen molar-refractivity contribution in [1.29, 1.82) is 0 Å². The minimum absolute atomic E-state index is 0.954. The summed E-state index contributed by atoms with van der Waals surface area (Å²) in [5.74, 6) is 0. The Bertz CT molecular complexity index is 430. The molecule has 15 heavy (non-hydrogen) atoms.